The van der Waals surface area contributed by atoms with Crippen molar-refractivity contribution < 1.29 is 14.5 Å². The van der Waals surface area contributed by atoms with Crippen LogP contribution >= 0.6 is 0 Å². The highest BCUT2D eigenvalue weighted by atomic mass is 16.6. The molecule has 25 heavy (non-hydrogen) atoms. The number of carbonyl (C=O) groups excluding carboxylic acids is 1. The van der Waals surface area contributed by atoms with Crippen molar-refractivity contribution in [1.29, 1.82) is 0 Å². The molecule has 0 saturated carbocycles. The van der Waals surface area contributed by atoms with Crippen LogP contribution in [0.5, 0.6) is 5.75 Å². The molecule has 0 fully saturated rings. The van der Waals surface area contributed by atoms with Crippen molar-refractivity contribution in [3.8, 4) is 5.75 Å². The number of benzene rings is 2. The van der Waals surface area contributed by atoms with E-state index in [0.29, 0.717) is 6.54 Å². The number of hydrogen-bond donors (Lipinski definition) is 1. The highest BCUT2D eigenvalue weighted by Gasteiger charge is 2.15. The average molecular weight is 342 g/mol. The summed E-state index contributed by atoms with van der Waals surface area (Å²) in [4.78, 5) is 22.4. The SMILES string of the molecule is Cc1ccc([N+](=O)[O-])c(OCCC(=O)NC[C@@H](C)c2ccccc2)c1. The lowest BCUT2D eigenvalue weighted by Gasteiger charge is -2.13. The molecule has 1 amide bonds. The third-order valence-electron chi connectivity index (χ3n) is 3.87. The summed E-state index contributed by atoms with van der Waals surface area (Å²) in [5.41, 5.74) is 1.93. The van der Waals surface area contributed by atoms with Crippen molar-refractivity contribution in [1.82, 2.24) is 5.32 Å². The quantitative estimate of drug-likeness (QED) is 0.587. The second kappa shape index (κ2) is 8.82. The van der Waals surface area contributed by atoms with E-state index in [9.17, 15) is 14.9 Å². The van der Waals surface area contributed by atoms with Crippen LogP contribution in [0.3, 0.4) is 0 Å². The maximum atomic E-state index is 11.9. The van der Waals surface area contributed by atoms with Gasteiger partial charge in [-0.15, -0.1) is 0 Å². The molecule has 0 aliphatic rings. The number of aryl methyl sites for hydroxylation is 1. The number of nitrogens with one attached hydrogen (secondary N) is 1. The van der Waals surface area contributed by atoms with Crippen LogP contribution in [0.25, 0.3) is 0 Å². The fraction of sp³-hybridized carbons (Fsp3) is 0.316. The Bertz CT molecular complexity index is 731. The van der Waals surface area contributed by atoms with Crippen molar-refractivity contribution in [2.75, 3.05) is 13.2 Å². The van der Waals surface area contributed by atoms with Gasteiger partial charge in [0.05, 0.1) is 18.0 Å². The normalized spacial score (nSPS) is 11.6. The number of ether oxygens (including phenoxy) is 1. The monoisotopic (exact) mass is 342 g/mol. The Hall–Kier alpha value is -2.89. The molecule has 2 rings (SSSR count). The lowest BCUT2D eigenvalue weighted by molar-refractivity contribution is -0.385. The van der Waals surface area contributed by atoms with E-state index < -0.39 is 4.92 Å². The Labute approximate surface area is 147 Å². The minimum Gasteiger partial charge on any atom is -0.486 e. The first-order chi connectivity index (χ1) is 12.0. The van der Waals surface area contributed by atoms with E-state index >= 15 is 0 Å². The lowest BCUT2D eigenvalue weighted by atomic mass is 10.0. The minimum absolute atomic E-state index is 0.0931. The zero-order valence-corrected chi connectivity index (χ0v) is 14.4. The predicted molar refractivity (Wildman–Crippen MR) is 95.8 cm³/mol. The second-order valence-electron chi connectivity index (χ2n) is 5.94. The molecular formula is C19H22N2O4. The molecule has 2 aromatic carbocycles. The van der Waals surface area contributed by atoms with Crippen LogP contribution in [0.4, 0.5) is 5.69 Å². The standard InChI is InChI=1S/C19H22N2O4/c1-14-8-9-17(21(23)24)18(12-14)25-11-10-19(22)20-13-15(2)16-6-4-3-5-7-16/h3-9,12,15H,10-11,13H2,1-2H3,(H,20,22)/t15-/m1/s1. The van der Waals surface area contributed by atoms with Crippen molar-refractivity contribution >= 4 is 11.6 Å². The number of nitro groups is 1. The molecule has 0 heterocycles. The Balaban J connectivity index is 1.79. The molecule has 0 spiro atoms. The number of hydrogen-bond acceptors (Lipinski definition) is 4. The van der Waals surface area contributed by atoms with Crippen LogP contribution in [-0.4, -0.2) is 24.0 Å². The molecule has 1 atom stereocenters. The number of rotatable bonds is 8. The topological polar surface area (TPSA) is 81.5 Å². The molecule has 0 saturated heterocycles. The van der Waals surface area contributed by atoms with Gasteiger partial charge >= 0.3 is 5.69 Å². The van der Waals surface area contributed by atoms with Gasteiger partial charge in [-0.1, -0.05) is 43.3 Å². The van der Waals surface area contributed by atoms with E-state index in [4.69, 9.17) is 4.74 Å². The Kier molecular flexibility index (Phi) is 6.51. The largest absolute Gasteiger partial charge is 0.486 e. The van der Waals surface area contributed by atoms with Gasteiger partial charge in [0.15, 0.2) is 5.75 Å². The van der Waals surface area contributed by atoms with E-state index in [1.807, 2.05) is 44.2 Å². The lowest BCUT2D eigenvalue weighted by Crippen LogP contribution is -2.28. The molecule has 6 heteroatoms. The molecule has 132 valence electrons. The van der Waals surface area contributed by atoms with Gasteiger partial charge in [0.25, 0.3) is 0 Å². The van der Waals surface area contributed by atoms with Crippen LogP contribution in [0.15, 0.2) is 48.5 Å². The van der Waals surface area contributed by atoms with Gasteiger partial charge in [0, 0.05) is 12.6 Å². The number of nitro benzene ring substituents is 1. The summed E-state index contributed by atoms with van der Waals surface area (Å²) in [7, 11) is 0. The summed E-state index contributed by atoms with van der Waals surface area (Å²) in [5, 5.41) is 13.9. The second-order valence-corrected chi connectivity index (χ2v) is 5.94. The fourth-order valence-electron chi connectivity index (χ4n) is 2.40. The number of amides is 1. The van der Waals surface area contributed by atoms with E-state index in [2.05, 4.69) is 5.32 Å². The van der Waals surface area contributed by atoms with Gasteiger partial charge in [-0.05, 0) is 30.0 Å². The summed E-state index contributed by atoms with van der Waals surface area (Å²) in [6.45, 7) is 4.50. The highest BCUT2D eigenvalue weighted by Crippen LogP contribution is 2.27. The summed E-state index contributed by atoms with van der Waals surface area (Å²) in [5.74, 6) is 0.262. The Morgan fingerprint density at radius 3 is 2.64 bits per heavy atom. The summed E-state index contributed by atoms with van der Waals surface area (Å²) < 4.78 is 5.44. The average Bonchev–Trinajstić information content (AvgIpc) is 2.60. The molecule has 0 unspecified atom stereocenters. The van der Waals surface area contributed by atoms with Crippen molar-refractivity contribution in [2.24, 2.45) is 0 Å². The molecule has 6 nitrogen and oxygen atoms in total. The van der Waals surface area contributed by atoms with Gasteiger partial charge in [-0.3, -0.25) is 14.9 Å². The third-order valence-corrected chi connectivity index (χ3v) is 3.87. The van der Waals surface area contributed by atoms with Crippen LogP contribution in [0.1, 0.15) is 30.4 Å². The minimum atomic E-state index is -0.490. The number of carbonyl (C=O) groups is 1. The first kappa shape index (κ1) is 18.4. The van der Waals surface area contributed by atoms with Gasteiger partial charge < -0.3 is 10.1 Å². The molecular weight excluding hydrogens is 320 g/mol. The van der Waals surface area contributed by atoms with Crippen molar-refractivity contribution in [2.45, 2.75) is 26.2 Å². The third kappa shape index (κ3) is 5.60. The predicted octanol–water partition coefficient (Wildman–Crippen LogP) is 3.59. The summed E-state index contributed by atoms with van der Waals surface area (Å²) >= 11 is 0. The van der Waals surface area contributed by atoms with E-state index in [-0.39, 0.29) is 36.3 Å². The molecule has 2 aromatic rings. The van der Waals surface area contributed by atoms with Gasteiger partial charge in [0.2, 0.25) is 5.91 Å². The van der Waals surface area contributed by atoms with Gasteiger partial charge in [-0.2, -0.15) is 0 Å². The molecule has 0 aliphatic carbocycles. The highest BCUT2D eigenvalue weighted by molar-refractivity contribution is 5.76. The summed E-state index contributed by atoms with van der Waals surface area (Å²) in [6.07, 6.45) is 0.145. The van der Waals surface area contributed by atoms with Gasteiger partial charge in [0.1, 0.15) is 0 Å². The molecule has 0 aromatic heterocycles. The van der Waals surface area contributed by atoms with Crippen LogP contribution in [0.2, 0.25) is 0 Å². The first-order valence-electron chi connectivity index (χ1n) is 8.17. The summed E-state index contributed by atoms with van der Waals surface area (Å²) in [6, 6.07) is 14.6. The zero-order chi connectivity index (χ0) is 18.2. The Morgan fingerprint density at radius 1 is 1.24 bits per heavy atom. The van der Waals surface area contributed by atoms with Crippen molar-refractivity contribution in [3.63, 3.8) is 0 Å². The van der Waals surface area contributed by atoms with Crippen LogP contribution in [-0.2, 0) is 4.79 Å². The Morgan fingerprint density at radius 2 is 1.96 bits per heavy atom. The van der Waals surface area contributed by atoms with E-state index in [0.717, 1.165) is 11.1 Å². The van der Waals surface area contributed by atoms with Crippen LogP contribution < -0.4 is 10.1 Å². The first-order valence-corrected chi connectivity index (χ1v) is 8.17. The molecule has 0 bridgehead atoms. The molecule has 1 N–H and O–H groups in total. The fourth-order valence-corrected chi connectivity index (χ4v) is 2.40. The zero-order valence-electron chi connectivity index (χ0n) is 14.4. The van der Waals surface area contributed by atoms with E-state index in [1.54, 1.807) is 12.1 Å². The van der Waals surface area contributed by atoms with Crippen LogP contribution in [0, 0.1) is 17.0 Å². The van der Waals surface area contributed by atoms with Gasteiger partial charge in [-0.25, -0.2) is 0 Å². The smallest absolute Gasteiger partial charge is 0.310 e. The van der Waals surface area contributed by atoms with Crippen molar-refractivity contribution in [3.05, 3.63) is 69.8 Å². The maximum absolute atomic E-state index is 11.9. The number of nitrogens with zero attached hydrogens (tertiary/aromatic N) is 1. The molecule has 0 aliphatic heterocycles. The maximum Gasteiger partial charge on any atom is 0.310 e. The molecule has 0 radical (unpaired) electrons. The van der Waals surface area contributed by atoms with E-state index in [1.165, 1.54) is 6.07 Å².